The van der Waals surface area contributed by atoms with Gasteiger partial charge in [-0.2, -0.15) is 4.31 Å². The van der Waals surface area contributed by atoms with E-state index in [0.717, 1.165) is 6.42 Å². The average molecular weight is 330 g/mol. The third-order valence-electron chi connectivity index (χ3n) is 4.11. The van der Waals surface area contributed by atoms with Gasteiger partial charge < -0.3 is 11.1 Å². The van der Waals surface area contributed by atoms with Gasteiger partial charge in [0.05, 0.1) is 17.6 Å². The average Bonchev–Trinajstić information content (AvgIpc) is 2.80. The largest absolute Gasteiger partial charge is 0.398 e. The standard InChI is InChI=1S/C13H16ClN3O3S/c14-8-3-4-12(10(15)6-8)21(19,20)17-5-1-2-9-11(17)7-16-13(9)18/h3-4,6,9,11H,1-2,5,7,15H2,(H,16,18). The fourth-order valence-electron chi connectivity index (χ4n) is 3.09. The number of anilines is 1. The van der Waals surface area contributed by atoms with Gasteiger partial charge in [0.15, 0.2) is 0 Å². The summed E-state index contributed by atoms with van der Waals surface area (Å²) in [5.74, 6) is -0.328. The van der Waals surface area contributed by atoms with Gasteiger partial charge >= 0.3 is 0 Å². The van der Waals surface area contributed by atoms with Gasteiger partial charge in [0.2, 0.25) is 15.9 Å². The maximum Gasteiger partial charge on any atom is 0.245 e. The zero-order chi connectivity index (χ0) is 15.2. The molecule has 8 heteroatoms. The Bertz CT molecular complexity index is 692. The molecule has 1 aromatic rings. The lowest BCUT2D eigenvalue weighted by atomic mass is 9.93. The molecule has 21 heavy (non-hydrogen) atoms. The van der Waals surface area contributed by atoms with Crippen molar-refractivity contribution in [1.29, 1.82) is 0 Å². The van der Waals surface area contributed by atoms with Crippen molar-refractivity contribution in [3.05, 3.63) is 23.2 Å². The van der Waals surface area contributed by atoms with Gasteiger partial charge in [-0.3, -0.25) is 4.79 Å². The number of sulfonamides is 1. The van der Waals surface area contributed by atoms with Crippen LogP contribution in [0.2, 0.25) is 5.02 Å². The van der Waals surface area contributed by atoms with Crippen LogP contribution in [0.25, 0.3) is 0 Å². The molecule has 0 aromatic heterocycles. The second kappa shape index (κ2) is 5.15. The molecule has 0 bridgehead atoms. The molecule has 2 heterocycles. The quantitative estimate of drug-likeness (QED) is 0.786. The second-order valence-electron chi connectivity index (χ2n) is 5.36. The van der Waals surface area contributed by atoms with Crippen molar-refractivity contribution < 1.29 is 13.2 Å². The first-order chi connectivity index (χ1) is 9.91. The molecule has 0 spiro atoms. The van der Waals surface area contributed by atoms with E-state index in [1.165, 1.54) is 22.5 Å². The van der Waals surface area contributed by atoms with Crippen LogP contribution in [0.1, 0.15) is 12.8 Å². The van der Waals surface area contributed by atoms with Crippen LogP contribution in [0.3, 0.4) is 0 Å². The molecular weight excluding hydrogens is 314 g/mol. The van der Waals surface area contributed by atoms with Crippen molar-refractivity contribution in [2.75, 3.05) is 18.8 Å². The van der Waals surface area contributed by atoms with Crippen LogP contribution in [-0.4, -0.2) is 37.8 Å². The summed E-state index contributed by atoms with van der Waals surface area (Å²) < 4.78 is 27.1. The molecule has 1 aromatic carbocycles. The van der Waals surface area contributed by atoms with E-state index in [1.807, 2.05) is 0 Å². The zero-order valence-electron chi connectivity index (χ0n) is 11.3. The highest BCUT2D eigenvalue weighted by atomic mass is 35.5. The molecular formula is C13H16ClN3O3S. The van der Waals surface area contributed by atoms with Gasteiger partial charge in [-0.1, -0.05) is 11.6 Å². The highest BCUT2D eigenvalue weighted by Crippen LogP contribution is 2.34. The first-order valence-corrected chi connectivity index (χ1v) is 8.57. The number of carbonyl (C=O) groups is 1. The summed E-state index contributed by atoms with van der Waals surface area (Å²) >= 11 is 5.82. The predicted octanol–water partition coefficient (Wildman–Crippen LogP) is 0.821. The lowest BCUT2D eigenvalue weighted by Gasteiger charge is -2.35. The van der Waals surface area contributed by atoms with Crippen LogP contribution < -0.4 is 11.1 Å². The third kappa shape index (κ3) is 2.39. The van der Waals surface area contributed by atoms with E-state index in [1.54, 1.807) is 0 Å². The van der Waals surface area contributed by atoms with Gasteiger partial charge in [-0.25, -0.2) is 8.42 Å². The first kappa shape index (κ1) is 14.6. The van der Waals surface area contributed by atoms with Crippen molar-refractivity contribution in [3.63, 3.8) is 0 Å². The van der Waals surface area contributed by atoms with Crippen LogP contribution >= 0.6 is 11.6 Å². The van der Waals surface area contributed by atoms with E-state index in [0.29, 0.717) is 24.5 Å². The number of fused-ring (bicyclic) bond motifs is 1. The summed E-state index contributed by atoms with van der Waals surface area (Å²) in [5.41, 5.74) is 5.93. The van der Waals surface area contributed by atoms with Crippen molar-refractivity contribution in [3.8, 4) is 0 Å². The number of nitrogens with zero attached hydrogens (tertiary/aromatic N) is 1. The molecule has 0 saturated carbocycles. The number of piperidine rings is 1. The molecule has 114 valence electrons. The van der Waals surface area contributed by atoms with E-state index >= 15 is 0 Å². The van der Waals surface area contributed by atoms with Crippen LogP contribution in [0.4, 0.5) is 5.69 Å². The predicted molar refractivity (Wildman–Crippen MR) is 79.3 cm³/mol. The number of rotatable bonds is 2. The Balaban J connectivity index is 1.99. The Labute approximate surface area is 128 Å². The highest BCUT2D eigenvalue weighted by Gasteiger charge is 2.45. The van der Waals surface area contributed by atoms with Crippen molar-refractivity contribution >= 4 is 33.2 Å². The van der Waals surface area contributed by atoms with Gasteiger partial charge in [-0.05, 0) is 31.0 Å². The number of hydrogen-bond donors (Lipinski definition) is 2. The van der Waals surface area contributed by atoms with E-state index in [9.17, 15) is 13.2 Å². The van der Waals surface area contributed by atoms with Crippen LogP contribution in [-0.2, 0) is 14.8 Å². The number of halogens is 1. The monoisotopic (exact) mass is 329 g/mol. The Hall–Kier alpha value is -1.31. The lowest BCUT2D eigenvalue weighted by Crippen LogP contribution is -2.48. The number of benzene rings is 1. The molecule has 3 rings (SSSR count). The molecule has 6 nitrogen and oxygen atoms in total. The van der Waals surface area contributed by atoms with Crippen LogP contribution in [0.15, 0.2) is 23.1 Å². The second-order valence-corrected chi connectivity index (χ2v) is 7.65. The molecule has 2 unspecified atom stereocenters. The molecule has 2 atom stereocenters. The Morgan fingerprint density at radius 2 is 2.14 bits per heavy atom. The molecule has 0 aliphatic carbocycles. The molecule has 3 N–H and O–H groups in total. The van der Waals surface area contributed by atoms with E-state index < -0.39 is 10.0 Å². The smallest absolute Gasteiger partial charge is 0.245 e. The molecule has 2 aliphatic heterocycles. The summed E-state index contributed by atoms with van der Waals surface area (Å²) in [6, 6.07) is 4.02. The van der Waals surface area contributed by atoms with E-state index in [4.69, 9.17) is 17.3 Å². The normalized spacial score (nSPS) is 26.4. The summed E-state index contributed by atoms with van der Waals surface area (Å²) in [4.78, 5) is 11.8. The van der Waals surface area contributed by atoms with E-state index in [2.05, 4.69) is 5.32 Å². The van der Waals surface area contributed by atoms with Gasteiger partial charge in [-0.15, -0.1) is 0 Å². The Kier molecular flexibility index (Phi) is 3.59. The minimum absolute atomic E-state index is 0.0481. The SMILES string of the molecule is Nc1cc(Cl)ccc1S(=O)(=O)N1CCCC2C(=O)NCC21. The minimum Gasteiger partial charge on any atom is -0.398 e. The topological polar surface area (TPSA) is 92.5 Å². The molecule has 2 aliphatic rings. The summed E-state index contributed by atoms with van der Waals surface area (Å²) in [7, 11) is -3.73. The van der Waals surface area contributed by atoms with Crippen molar-refractivity contribution in [2.24, 2.45) is 5.92 Å². The fourth-order valence-corrected chi connectivity index (χ4v) is 5.07. The van der Waals surface area contributed by atoms with Gasteiger partial charge in [0.25, 0.3) is 0 Å². The minimum atomic E-state index is -3.73. The van der Waals surface area contributed by atoms with Crippen LogP contribution in [0.5, 0.6) is 0 Å². The molecule has 2 fully saturated rings. The summed E-state index contributed by atoms with van der Waals surface area (Å²) in [6.07, 6.45) is 1.39. The highest BCUT2D eigenvalue weighted by molar-refractivity contribution is 7.89. The molecule has 1 amide bonds. The van der Waals surface area contributed by atoms with Crippen molar-refractivity contribution in [2.45, 2.75) is 23.8 Å². The number of hydrogen-bond acceptors (Lipinski definition) is 4. The Morgan fingerprint density at radius 3 is 2.86 bits per heavy atom. The third-order valence-corrected chi connectivity index (χ3v) is 6.34. The summed E-state index contributed by atoms with van der Waals surface area (Å²) in [6.45, 7) is 0.761. The summed E-state index contributed by atoms with van der Waals surface area (Å²) in [5, 5.41) is 3.13. The fraction of sp³-hybridized carbons (Fsp3) is 0.462. The number of amides is 1. The van der Waals surface area contributed by atoms with Gasteiger partial charge in [0.1, 0.15) is 4.90 Å². The number of nitrogen functional groups attached to an aromatic ring is 1. The number of nitrogens with two attached hydrogens (primary N) is 1. The Morgan fingerprint density at radius 1 is 1.38 bits per heavy atom. The van der Waals surface area contributed by atoms with E-state index in [-0.39, 0.29) is 28.4 Å². The van der Waals surface area contributed by atoms with Crippen LogP contribution in [0, 0.1) is 5.92 Å². The van der Waals surface area contributed by atoms with Crippen molar-refractivity contribution in [1.82, 2.24) is 9.62 Å². The lowest BCUT2D eigenvalue weighted by molar-refractivity contribution is -0.123. The first-order valence-electron chi connectivity index (χ1n) is 6.76. The number of carbonyl (C=O) groups excluding carboxylic acids is 1. The maximum absolute atomic E-state index is 12.8. The maximum atomic E-state index is 12.8. The molecule has 2 saturated heterocycles. The van der Waals surface area contributed by atoms with Gasteiger partial charge in [0, 0.05) is 18.1 Å². The number of nitrogens with one attached hydrogen (secondary N) is 1. The zero-order valence-corrected chi connectivity index (χ0v) is 12.8. The molecule has 0 radical (unpaired) electrons.